The van der Waals surface area contributed by atoms with E-state index in [-0.39, 0.29) is 5.91 Å². The quantitative estimate of drug-likeness (QED) is 0.444. The molecule has 0 saturated carbocycles. The third-order valence-corrected chi connectivity index (χ3v) is 6.35. The molecule has 2 N–H and O–H groups in total. The summed E-state index contributed by atoms with van der Waals surface area (Å²) < 4.78 is 2.32. The van der Waals surface area contributed by atoms with Crippen LogP contribution in [0.3, 0.4) is 0 Å². The Morgan fingerprint density at radius 2 is 1.88 bits per heavy atom. The fourth-order valence-corrected chi connectivity index (χ4v) is 4.55. The molecule has 1 aliphatic heterocycles. The van der Waals surface area contributed by atoms with E-state index in [1.54, 1.807) is 24.5 Å². The van der Waals surface area contributed by atoms with Gasteiger partial charge in [-0.25, -0.2) is 0 Å². The van der Waals surface area contributed by atoms with Gasteiger partial charge in [-0.3, -0.25) is 9.78 Å². The molecule has 33 heavy (non-hydrogen) atoms. The van der Waals surface area contributed by atoms with Crippen molar-refractivity contribution in [1.82, 2.24) is 14.9 Å². The number of amides is 1. The van der Waals surface area contributed by atoms with Crippen molar-refractivity contribution < 1.29 is 4.79 Å². The highest BCUT2D eigenvalue weighted by Gasteiger charge is 2.19. The van der Waals surface area contributed by atoms with E-state index in [9.17, 15) is 4.79 Å². The largest absolute Gasteiger partial charge is 0.371 e. The van der Waals surface area contributed by atoms with Gasteiger partial charge in [0.05, 0.1) is 5.56 Å². The van der Waals surface area contributed by atoms with Crippen molar-refractivity contribution in [3.05, 3.63) is 90.9 Å². The van der Waals surface area contributed by atoms with Crippen LogP contribution < -0.4 is 15.5 Å². The summed E-state index contributed by atoms with van der Waals surface area (Å²) in [4.78, 5) is 18.8. The monoisotopic (exact) mass is 439 g/mol. The predicted octanol–water partition coefficient (Wildman–Crippen LogP) is 4.55. The molecule has 4 aromatic rings. The number of carbonyl (C=O) groups is 1. The molecule has 2 aromatic carbocycles. The standard InChI is InChI=1S/C27H29N5O/c33-27(22-6-4-13-28-20-22)30-24-7-3-8-25(19-24)31-16-11-23(12-17-31)29-14-18-32-15-10-21-5-1-2-9-26(21)32/h1-10,13,15,19-20,23,29H,11-12,14,16-18H2,(H,30,33). The number of benzene rings is 2. The normalized spacial score (nSPS) is 14.5. The highest BCUT2D eigenvalue weighted by atomic mass is 16.1. The first-order valence-corrected chi connectivity index (χ1v) is 11.6. The molecule has 6 heteroatoms. The SMILES string of the molecule is O=C(Nc1cccc(N2CCC(NCCn3ccc4ccccc43)CC2)c1)c1cccnc1. The van der Waals surface area contributed by atoms with Gasteiger partial charge in [0.15, 0.2) is 0 Å². The van der Waals surface area contributed by atoms with Crippen LogP contribution in [0.4, 0.5) is 11.4 Å². The minimum atomic E-state index is -0.140. The number of nitrogens with zero attached hydrogens (tertiary/aromatic N) is 3. The molecule has 3 heterocycles. The van der Waals surface area contributed by atoms with Gasteiger partial charge in [0, 0.05) is 67.7 Å². The number of aromatic nitrogens is 2. The zero-order valence-corrected chi connectivity index (χ0v) is 18.7. The Hall–Kier alpha value is -3.64. The summed E-state index contributed by atoms with van der Waals surface area (Å²) >= 11 is 0. The molecular weight excluding hydrogens is 410 g/mol. The summed E-state index contributed by atoms with van der Waals surface area (Å²) in [6, 6.07) is 22.9. The van der Waals surface area contributed by atoms with Gasteiger partial charge >= 0.3 is 0 Å². The van der Waals surface area contributed by atoms with Gasteiger partial charge in [-0.15, -0.1) is 0 Å². The molecule has 1 fully saturated rings. The highest BCUT2D eigenvalue weighted by molar-refractivity contribution is 6.04. The van der Waals surface area contributed by atoms with Crippen LogP contribution in [0.1, 0.15) is 23.2 Å². The Morgan fingerprint density at radius 3 is 2.73 bits per heavy atom. The van der Waals surface area contributed by atoms with Gasteiger partial charge in [0.2, 0.25) is 0 Å². The van der Waals surface area contributed by atoms with E-state index < -0.39 is 0 Å². The van der Waals surface area contributed by atoms with Crippen LogP contribution >= 0.6 is 0 Å². The van der Waals surface area contributed by atoms with Gasteiger partial charge in [-0.2, -0.15) is 0 Å². The number of pyridine rings is 1. The number of carbonyl (C=O) groups excluding carboxylic acids is 1. The number of rotatable bonds is 7. The second-order valence-corrected chi connectivity index (χ2v) is 8.53. The van der Waals surface area contributed by atoms with Gasteiger partial charge in [-0.1, -0.05) is 24.3 Å². The number of fused-ring (bicyclic) bond motifs is 1. The van der Waals surface area contributed by atoms with Crippen molar-refractivity contribution >= 4 is 28.2 Å². The summed E-state index contributed by atoms with van der Waals surface area (Å²) in [6.07, 6.45) is 7.64. The topological polar surface area (TPSA) is 62.2 Å². The van der Waals surface area contributed by atoms with Crippen molar-refractivity contribution in [2.75, 3.05) is 29.9 Å². The van der Waals surface area contributed by atoms with Gasteiger partial charge in [0.1, 0.15) is 0 Å². The number of piperidine rings is 1. The molecule has 0 aliphatic carbocycles. The molecule has 0 atom stereocenters. The lowest BCUT2D eigenvalue weighted by atomic mass is 10.0. The molecule has 0 unspecified atom stereocenters. The van der Waals surface area contributed by atoms with Crippen LogP contribution in [0.5, 0.6) is 0 Å². The van der Waals surface area contributed by atoms with Crippen molar-refractivity contribution in [1.29, 1.82) is 0 Å². The Morgan fingerprint density at radius 1 is 1.00 bits per heavy atom. The number of hydrogen-bond acceptors (Lipinski definition) is 4. The zero-order chi connectivity index (χ0) is 22.5. The second-order valence-electron chi connectivity index (χ2n) is 8.53. The lowest BCUT2D eigenvalue weighted by molar-refractivity contribution is 0.102. The Bertz CT molecular complexity index is 1210. The summed E-state index contributed by atoms with van der Waals surface area (Å²) in [5.41, 5.74) is 3.81. The van der Waals surface area contributed by atoms with Crippen LogP contribution in [-0.2, 0) is 6.54 Å². The molecule has 0 radical (unpaired) electrons. The van der Waals surface area contributed by atoms with E-state index in [0.29, 0.717) is 11.6 Å². The number of anilines is 2. The summed E-state index contributed by atoms with van der Waals surface area (Å²) in [5.74, 6) is -0.140. The van der Waals surface area contributed by atoms with Crippen molar-refractivity contribution in [3.63, 3.8) is 0 Å². The van der Waals surface area contributed by atoms with Crippen LogP contribution in [0.2, 0.25) is 0 Å². The maximum absolute atomic E-state index is 12.4. The van der Waals surface area contributed by atoms with Gasteiger partial charge < -0.3 is 20.1 Å². The predicted molar refractivity (Wildman–Crippen MR) is 134 cm³/mol. The van der Waals surface area contributed by atoms with E-state index in [0.717, 1.165) is 50.4 Å². The highest BCUT2D eigenvalue weighted by Crippen LogP contribution is 2.24. The van der Waals surface area contributed by atoms with Crippen LogP contribution in [0.25, 0.3) is 10.9 Å². The molecule has 0 bridgehead atoms. The first-order valence-electron chi connectivity index (χ1n) is 11.6. The van der Waals surface area contributed by atoms with Crippen molar-refractivity contribution in [2.45, 2.75) is 25.4 Å². The van der Waals surface area contributed by atoms with Crippen LogP contribution in [0, 0.1) is 0 Å². The average Bonchev–Trinajstić information content (AvgIpc) is 3.28. The van der Waals surface area contributed by atoms with Gasteiger partial charge in [-0.05, 0) is 60.7 Å². The van der Waals surface area contributed by atoms with E-state index in [1.807, 2.05) is 12.1 Å². The maximum Gasteiger partial charge on any atom is 0.257 e. The van der Waals surface area contributed by atoms with Crippen molar-refractivity contribution in [2.24, 2.45) is 0 Å². The van der Waals surface area contributed by atoms with Crippen molar-refractivity contribution in [3.8, 4) is 0 Å². The summed E-state index contributed by atoms with van der Waals surface area (Å²) in [7, 11) is 0. The Labute approximate surface area is 194 Å². The average molecular weight is 440 g/mol. The smallest absolute Gasteiger partial charge is 0.257 e. The molecule has 6 nitrogen and oxygen atoms in total. The minimum absolute atomic E-state index is 0.140. The first kappa shape index (κ1) is 21.2. The van der Waals surface area contributed by atoms with Crippen LogP contribution in [0.15, 0.2) is 85.3 Å². The molecule has 1 saturated heterocycles. The van der Waals surface area contributed by atoms with E-state index >= 15 is 0 Å². The molecule has 5 rings (SSSR count). The summed E-state index contributed by atoms with van der Waals surface area (Å²) in [5, 5.41) is 8.02. The molecule has 0 spiro atoms. The third kappa shape index (κ3) is 5.07. The lowest BCUT2D eigenvalue weighted by Gasteiger charge is -2.34. The Kier molecular flexibility index (Phi) is 6.35. The number of para-hydroxylation sites is 1. The van der Waals surface area contributed by atoms with E-state index in [2.05, 4.69) is 73.7 Å². The lowest BCUT2D eigenvalue weighted by Crippen LogP contribution is -2.43. The molecule has 1 aliphatic rings. The fourth-order valence-electron chi connectivity index (χ4n) is 4.55. The first-order chi connectivity index (χ1) is 16.3. The summed E-state index contributed by atoms with van der Waals surface area (Å²) in [6.45, 7) is 3.96. The fraction of sp³-hybridized carbons (Fsp3) is 0.259. The van der Waals surface area contributed by atoms with Crippen LogP contribution in [-0.4, -0.2) is 41.1 Å². The minimum Gasteiger partial charge on any atom is -0.371 e. The molecule has 1 amide bonds. The molecule has 2 aromatic heterocycles. The van der Waals surface area contributed by atoms with E-state index in [1.165, 1.54) is 10.9 Å². The third-order valence-electron chi connectivity index (χ3n) is 6.35. The zero-order valence-electron chi connectivity index (χ0n) is 18.7. The number of hydrogen-bond donors (Lipinski definition) is 2. The van der Waals surface area contributed by atoms with E-state index in [4.69, 9.17) is 0 Å². The molecular formula is C27H29N5O. The maximum atomic E-state index is 12.4. The molecule has 168 valence electrons. The Balaban J connectivity index is 1.11. The second kappa shape index (κ2) is 9.88. The number of nitrogens with one attached hydrogen (secondary N) is 2. The van der Waals surface area contributed by atoms with Gasteiger partial charge in [0.25, 0.3) is 5.91 Å².